The highest BCUT2D eigenvalue weighted by Gasteiger charge is 2.37. The number of nitrogens with zero attached hydrogens (tertiary/aromatic N) is 1. The summed E-state index contributed by atoms with van der Waals surface area (Å²) < 4.78 is 0.920. The maximum atomic E-state index is 12.5. The molecule has 124 valence electrons. The van der Waals surface area contributed by atoms with E-state index >= 15 is 0 Å². The summed E-state index contributed by atoms with van der Waals surface area (Å²) in [6, 6.07) is 17.6. The Balaban J connectivity index is 1.55. The fraction of sp³-hybridized carbons (Fsp3) is 0.263. The van der Waals surface area contributed by atoms with Gasteiger partial charge in [-0.05, 0) is 36.6 Å². The van der Waals surface area contributed by atoms with Gasteiger partial charge in [-0.25, -0.2) is 0 Å². The molecular formula is C19H19BrN2O2. The zero-order valence-electron chi connectivity index (χ0n) is 13.2. The van der Waals surface area contributed by atoms with Crippen molar-refractivity contribution >= 4 is 33.4 Å². The van der Waals surface area contributed by atoms with Gasteiger partial charge in [0, 0.05) is 23.2 Å². The molecule has 2 amide bonds. The van der Waals surface area contributed by atoms with Crippen molar-refractivity contribution < 1.29 is 9.59 Å². The average Bonchev–Trinajstić information content (AvgIpc) is 2.97. The highest BCUT2D eigenvalue weighted by molar-refractivity contribution is 9.10. The number of rotatable bonds is 5. The van der Waals surface area contributed by atoms with E-state index in [4.69, 9.17) is 0 Å². The molecule has 1 aliphatic heterocycles. The van der Waals surface area contributed by atoms with E-state index in [-0.39, 0.29) is 11.8 Å². The van der Waals surface area contributed by atoms with Gasteiger partial charge in [-0.2, -0.15) is 0 Å². The first-order chi connectivity index (χ1) is 11.6. The molecule has 1 aliphatic rings. The lowest BCUT2D eigenvalue weighted by atomic mass is 10.1. The van der Waals surface area contributed by atoms with Crippen LogP contribution >= 0.6 is 15.9 Å². The SMILES string of the molecule is O=C(NCCc1ccccc1)[C@@H]1CCN(c2cccc(Br)c2)C1=O. The summed E-state index contributed by atoms with van der Waals surface area (Å²) in [4.78, 5) is 26.6. The molecule has 1 N–H and O–H groups in total. The quantitative estimate of drug-likeness (QED) is 0.802. The van der Waals surface area contributed by atoms with Crippen LogP contribution in [0.5, 0.6) is 0 Å². The predicted molar refractivity (Wildman–Crippen MR) is 97.8 cm³/mol. The monoisotopic (exact) mass is 386 g/mol. The van der Waals surface area contributed by atoms with Crippen molar-refractivity contribution in [3.05, 3.63) is 64.6 Å². The Kier molecular flexibility index (Phi) is 5.30. The van der Waals surface area contributed by atoms with Crippen LogP contribution < -0.4 is 10.2 Å². The third-order valence-corrected chi connectivity index (χ3v) is 4.69. The van der Waals surface area contributed by atoms with Crippen molar-refractivity contribution in [3.63, 3.8) is 0 Å². The fourth-order valence-electron chi connectivity index (χ4n) is 2.92. The molecule has 0 radical (unpaired) electrons. The maximum absolute atomic E-state index is 12.5. The van der Waals surface area contributed by atoms with Crippen molar-refractivity contribution in [1.82, 2.24) is 5.32 Å². The lowest BCUT2D eigenvalue weighted by Gasteiger charge is -2.17. The van der Waals surface area contributed by atoms with Gasteiger partial charge in [-0.3, -0.25) is 9.59 Å². The summed E-state index contributed by atoms with van der Waals surface area (Å²) in [5.74, 6) is -0.876. The summed E-state index contributed by atoms with van der Waals surface area (Å²) in [6.07, 6.45) is 1.32. The van der Waals surface area contributed by atoms with Gasteiger partial charge in [-0.1, -0.05) is 52.3 Å². The van der Waals surface area contributed by atoms with Crippen LogP contribution in [0.4, 0.5) is 5.69 Å². The molecule has 2 aromatic carbocycles. The summed E-state index contributed by atoms with van der Waals surface area (Å²) in [5.41, 5.74) is 2.00. The Morgan fingerprint density at radius 3 is 2.71 bits per heavy atom. The van der Waals surface area contributed by atoms with Crippen LogP contribution in [0.3, 0.4) is 0 Å². The predicted octanol–water partition coefficient (Wildman–Crippen LogP) is 3.16. The van der Waals surface area contributed by atoms with Crippen molar-refractivity contribution in [2.24, 2.45) is 5.92 Å². The van der Waals surface area contributed by atoms with E-state index in [0.29, 0.717) is 19.5 Å². The number of halogens is 1. The second-order valence-corrected chi connectivity index (χ2v) is 6.75. The summed E-state index contributed by atoms with van der Waals surface area (Å²) >= 11 is 3.41. The van der Waals surface area contributed by atoms with Gasteiger partial charge in [0.1, 0.15) is 5.92 Å². The Morgan fingerprint density at radius 2 is 1.96 bits per heavy atom. The number of hydrogen-bond donors (Lipinski definition) is 1. The van der Waals surface area contributed by atoms with E-state index in [1.165, 1.54) is 5.56 Å². The topological polar surface area (TPSA) is 49.4 Å². The minimum absolute atomic E-state index is 0.120. The van der Waals surface area contributed by atoms with Gasteiger partial charge in [-0.15, -0.1) is 0 Å². The van der Waals surface area contributed by atoms with Crippen LogP contribution in [0.2, 0.25) is 0 Å². The second kappa shape index (κ2) is 7.62. The van der Waals surface area contributed by atoms with Crippen molar-refractivity contribution in [3.8, 4) is 0 Å². The molecule has 0 unspecified atom stereocenters. The molecule has 1 atom stereocenters. The molecule has 4 nitrogen and oxygen atoms in total. The standard InChI is InChI=1S/C19H19BrN2O2/c20-15-7-4-8-16(13-15)22-12-10-17(19(22)24)18(23)21-11-9-14-5-2-1-3-6-14/h1-8,13,17H,9-12H2,(H,21,23)/t17-/m0/s1. The van der Waals surface area contributed by atoms with Crippen LogP contribution in [-0.4, -0.2) is 24.9 Å². The van der Waals surface area contributed by atoms with E-state index < -0.39 is 5.92 Å². The number of hydrogen-bond acceptors (Lipinski definition) is 2. The first-order valence-corrected chi connectivity index (χ1v) is 8.83. The molecule has 0 saturated carbocycles. The number of amides is 2. The molecule has 0 bridgehead atoms. The van der Waals surface area contributed by atoms with Crippen LogP contribution in [0.15, 0.2) is 59.1 Å². The molecule has 1 heterocycles. The summed E-state index contributed by atoms with van der Waals surface area (Å²) in [5, 5.41) is 2.89. The third kappa shape index (κ3) is 3.85. The summed E-state index contributed by atoms with van der Waals surface area (Å²) in [6.45, 7) is 1.12. The first kappa shape index (κ1) is 16.7. The van der Waals surface area contributed by atoms with Gasteiger partial charge in [0.05, 0.1) is 0 Å². The van der Waals surface area contributed by atoms with Crippen molar-refractivity contribution in [2.45, 2.75) is 12.8 Å². The van der Waals surface area contributed by atoms with Gasteiger partial charge >= 0.3 is 0 Å². The molecule has 5 heteroatoms. The molecular weight excluding hydrogens is 368 g/mol. The highest BCUT2D eigenvalue weighted by atomic mass is 79.9. The van der Waals surface area contributed by atoms with Crippen molar-refractivity contribution in [1.29, 1.82) is 0 Å². The minimum Gasteiger partial charge on any atom is -0.355 e. The van der Waals surface area contributed by atoms with E-state index in [1.54, 1.807) is 4.90 Å². The molecule has 1 saturated heterocycles. The summed E-state index contributed by atoms with van der Waals surface area (Å²) in [7, 11) is 0. The van der Waals surface area contributed by atoms with E-state index in [0.717, 1.165) is 16.6 Å². The molecule has 24 heavy (non-hydrogen) atoms. The zero-order chi connectivity index (χ0) is 16.9. The van der Waals surface area contributed by atoms with Crippen LogP contribution in [-0.2, 0) is 16.0 Å². The molecule has 1 fully saturated rings. The molecule has 2 aromatic rings. The molecule has 0 aliphatic carbocycles. The number of anilines is 1. The first-order valence-electron chi connectivity index (χ1n) is 8.04. The van der Waals surface area contributed by atoms with Gasteiger partial charge in [0.2, 0.25) is 11.8 Å². The molecule has 0 spiro atoms. The number of carbonyl (C=O) groups is 2. The Bertz CT molecular complexity index is 733. The highest BCUT2D eigenvalue weighted by Crippen LogP contribution is 2.27. The van der Waals surface area contributed by atoms with E-state index in [2.05, 4.69) is 21.2 Å². The fourth-order valence-corrected chi connectivity index (χ4v) is 3.31. The largest absolute Gasteiger partial charge is 0.355 e. The lowest BCUT2D eigenvalue weighted by Crippen LogP contribution is -2.37. The second-order valence-electron chi connectivity index (χ2n) is 5.84. The number of nitrogens with one attached hydrogen (secondary N) is 1. The Morgan fingerprint density at radius 1 is 1.17 bits per heavy atom. The van der Waals surface area contributed by atoms with Crippen LogP contribution in [0, 0.1) is 5.92 Å². The molecule has 3 rings (SSSR count). The third-order valence-electron chi connectivity index (χ3n) is 4.20. The molecule has 0 aromatic heterocycles. The number of benzene rings is 2. The lowest BCUT2D eigenvalue weighted by molar-refractivity contribution is -0.132. The van der Waals surface area contributed by atoms with E-state index in [9.17, 15) is 9.59 Å². The van der Waals surface area contributed by atoms with E-state index in [1.807, 2.05) is 54.6 Å². The van der Waals surface area contributed by atoms with Crippen LogP contribution in [0.25, 0.3) is 0 Å². The van der Waals surface area contributed by atoms with Gasteiger partial charge in [0.15, 0.2) is 0 Å². The van der Waals surface area contributed by atoms with Crippen molar-refractivity contribution in [2.75, 3.05) is 18.0 Å². The Hall–Kier alpha value is -2.14. The smallest absolute Gasteiger partial charge is 0.239 e. The average molecular weight is 387 g/mol. The Labute approximate surface area is 150 Å². The van der Waals surface area contributed by atoms with Gasteiger partial charge in [0.25, 0.3) is 0 Å². The number of carbonyl (C=O) groups excluding carboxylic acids is 2. The normalized spacial score (nSPS) is 17.1. The minimum atomic E-state index is -0.584. The zero-order valence-corrected chi connectivity index (χ0v) is 14.8. The van der Waals surface area contributed by atoms with Crippen LogP contribution in [0.1, 0.15) is 12.0 Å². The van der Waals surface area contributed by atoms with Gasteiger partial charge < -0.3 is 10.2 Å². The maximum Gasteiger partial charge on any atom is 0.239 e.